The molecule has 1 fully saturated rings. The molecule has 0 spiro atoms. The number of para-hydroxylation sites is 1. The number of amides is 1. The summed E-state index contributed by atoms with van der Waals surface area (Å²) in [5.41, 5.74) is 0.447. The molecule has 1 aromatic carbocycles. The predicted octanol–water partition coefficient (Wildman–Crippen LogP) is 0.615. The average molecular weight is 249 g/mol. The van der Waals surface area contributed by atoms with Gasteiger partial charge in [-0.05, 0) is 13.0 Å². The van der Waals surface area contributed by atoms with E-state index in [-0.39, 0.29) is 24.1 Å². The Morgan fingerprint density at radius 3 is 2.94 bits per heavy atom. The number of nitrogens with one attached hydrogen (secondary N) is 2. The van der Waals surface area contributed by atoms with E-state index in [0.29, 0.717) is 5.56 Å². The van der Waals surface area contributed by atoms with Crippen molar-refractivity contribution in [3.05, 3.63) is 39.9 Å². The highest BCUT2D eigenvalue weighted by Gasteiger charge is 2.19. The van der Waals surface area contributed by atoms with Crippen LogP contribution in [0.4, 0.5) is 5.69 Å². The predicted molar refractivity (Wildman–Crippen MR) is 66.2 cm³/mol. The number of hydrogen-bond donors (Lipinski definition) is 2. The molecule has 1 unspecified atom stereocenters. The summed E-state index contributed by atoms with van der Waals surface area (Å²) in [4.78, 5) is 22.1. The normalized spacial score (nSPS) is 18.6. The Hall–Kier alpha value is -1.95. The number of hydrogen-bond acceptors (Lipinski definition) is 4. The lowest BCUT2D eigenvalue weighted by Gasteiger charge is -2.11. The largest absolute Gasteiger partial charge is 0.352 e. The van der Waals surface area contributed by atoms with Gasteiger partial charge in [0, 0.05) is 24.2 Å². The summed E-state index contributed by atoms with van der Waals surface area (Å²) < 4.78 is 0. The van der Waals surface area contributed by atoms with Gasteiger partial charge in [0.25, 0.3) is 5.69 Å². The van der Waals surface area contributed by atoms with Crippen molar-refractivity contribution in [3.8, 4) is 0 Å². The molecule has 1 heterocycles. The minimum Gasteiger partial charge on any atom is -0.352 e. The maximum Gasteiger partial charge on any atom is 0.273 e. The second kappa shape index (κ2) is 5.59. The zero-order valence-electron chi connectivity index (χ0n) is 9.89. The molecule has 2 rings (SSSR count). The lowest BCUT2D eigenvalue weighted by atomic mass is 10.1. The lowest BCUT2D eigenvalue weighted by Crippen LogP contribution is -2.37. The van der Waals surface area contributed by atoms with Crippen LogP contribution >= 0.6 is 0 Å². The SMILES string of the molecule is O=C(Cc1ccccc1[N+](=O)[O-])NC1CCNC1. The first-order valence-electron chi connectivity index (χ1n) is 5.89. The Morgan fingerprint density at radius 2 is 2.28 bits per heavy atom. The molecule has 0 bridgehead atoms. The van der Waals surface area contributed by atoms with Gasteiger partial charge in [-0.3, -0.25) is 14.9 Å². The van der Waals surface area contributed by atoms with Crippen LogP contribution in [0.15, 0.2) is 24.3 Å². The van der Waals surface area contributed by atoms with Crippen LogP contribution in [-0.2, 0) is 11.2 Å². The van der Waals surface area contributed by atoms with Gasteiger partial charge in [0.05, 0.1) is 11.3 Å². The Morgan fingerprint density at radius 1 is 1.50 bits per heavy atom. The van der Waals surface area contributed by atoms with Crippen LogP contribution < -0.4 is 10.6 Å². The van der Waals surface area contributed by atoms with E-state index >= 15 is 0 Å². The zero-order chi connectivity index (χ0) is 13.0. The van der Waals surface area contributed by atoms with Gasteiger partial charge < -0.3 is 10.6 Å². The molecule has 6 nitrogen and oxygen atoms in total. The third-order valence-corrected chi connectivity index (χ3v) is 2.96. The fourth-order valence-electron chi connectivity index (χ4n) is 2.07. The van der Waals surface area contributed by atoms with Crippen molar-refractivity contribution in [2.75, 3.05) is 13.1 Å². The third-order valence-electron chi connectivity index (χ3n) is 2.96. The number of carbonyl (C=O) groups is 1. The van der Waals surface area contributed by atoms with Gasteiger partial charge in [0.1, 0.15) is 0 Å². The van der Waals surface area contributed by atoms with Gasteiger partial charge >= 0.3 is 0 Å². The fraction of sp³-hybridized carbons (Fsp3) is 0.417. The van der Waals surface area contributed by atoms with Crippen molar-refractivity contribution in [2.45, 2.75) is 18.9 Å². The van der Waals surface area contributed by atoms with Gasteiger partial charge in [0.2, 0.25) is 5.91 Å². The second-order valence-corrected chi connectivity index (χ2v) is 4.32. The number of benzene rings is 1. The molecule has 18 heavy (non-hydrogen) atoms. The summed E-state index contributed by atoms with van der Waals surface area (Å²) in [6.07, 6.45) is 0.955. The molecular formula is C12H15N3O3. The molecule has 0 radical (unpaired) electrons. The zero-order valence-corrected chi connectivity index (χ0v) is 9.89. The standard InChI is InChI=1S/C12H15N3O3/c16-12(14-10-5-6-13-8-10)7-9-3-1-2-4-11(9)15(17)18/h1-4,10,13H,5-8H2,(H,14,16). The monoisotopic (exact) mass is 249 g/mol. The lowest BCUT2D eigenvalue weighted by molar-refractivity contribution is -0.385. The first kappa shape index (κ1) is 12.5. The molecular weight excluding hydrogens is 234 g/mol. The van der Waals surface area contributed by atoms with E-state index in [1.807, 2.05) is 0 Å². The van der Waals surface area contributed by atoms with Gasteiger partial charge in [-0.1, -0.05) is 18.2 Å². The molecule has 1 atom stereocenters. The fourth-order valence-corrected chi connectivity index (χ4v) is 2.07. The van der Waals surface area contributed by atoms with Crippen molar-refractivity contribution in [2.24, 2.45) is 0 Å². The molecule has 1 saturated heterocycles. The van der Waals surface area contributed by atoms with Crippen LogP contribution in [0, 0.1) is 10.1 Å². The molecule has 1 aromatic rings. The molecule has 1 aliphatic heterocycles. The Balaban J connectivity index is 2.00. The Kier molecular flexibility index (Phi) is 3.88. The van der Waals surface area contributed by atoms with E-state index in [9.17, 15) is 14.9 Å². The number of rotatable bonds is 4. The van der Waals surface area contributed by atoms with E-state index in [1.54, 1.807) is 18.2 Å². The minimum absolute atomic E-state index is 0.00260. The van der Waals surface area contributed by atoms with Gasteiger partial charge in [0.15, 0.2) is 0 Å². The van der Waals surface area contributed by atoms with Gasteiger partial charge in [-0.2, -0.15) is 0 Å². The Labute approximate surface area is 105 Å². The second-order valence-electron chi connectivity index (χ2n) is 4.32. The third kappa shape index (κ3) is 3.04. The van der Waals surface area contributed by atoms with Crippen LogP contribution in [0.3, 0.4) is 0 Å². The summed E-state index contributed by atoms with van der Waals surface area (Å²) in [5, 5.41) is 16.8. The van der Waals surface area contributed by atoms with Crippen LogP contribution in [-0.4, -0.2) is 30.0 Å². The van der Waals surface area contributed by atoms with E-state index < -0.39 is 4.92 Å². The number of carbonyl (C=O) groups excluding carboxylic acids is 1. The summed E-state index contributed by atoms with van der Waals surface area (Å²) >= 11 is 0. The van der Waals surface area contributed by atoms with Crippen molar-refractivity contribution >= 4 is 11.6 Å². The van der Waals surface area contributed by atoms with E-state index in [1.165, 1.54) is 6.07 Å². The van der Waals surface area contributed by atoms with E-state index in [2.05, 4.69) is 10.6 Å². The number of nitro groups is 1. The van der Waals surface area contributed by atoms with Crippen LogP contribution in [0.5, 0.6) is 0 Å². The van der Waals surface area contributed by atoms with Crippen molar-refractivity contribution in [1.29, 1.82) is 0 Å². The molecule has 0 aromatic heterocycles. The van der Waals surface area contributed by atoms with Gasteiger partial charge in [-0.15, -0.1) is 0 Å². The molecule has 0 saturated carbocycles. The average Bonchev–Trinajstić information content (AvgIpc) is 2.82. The molecule has 1 aliphatic rings. The van der Waals surface area contributed by atoms with Crippen LogP contribution in [0.25, 0.3) is 0 Å². The van der Waals surface area contributed by atoms with Crippen molar-refractivity contribution in [1.82, 2.24) is 10.6 Å². The molecule has 2 N–H and O–H groups in total. The van der Waals surface area contributed by atoms with Crippen molar-refractivity contribution in [3.63, 3.8) is 0 Å². The first-order chi connectivity index (χ1) is 8.66. The minimum atomic E-state index is -0.459. The van der Waals surface area contributed by atoms with Crippen LogP contribution in [0.2, 0.25) is 0 Å². The van der Waals surface area contributed by atoms with Gasteiger partial charge in [-0.25, -0.2) is 0 Å². The van der Waals surface area contributed by atoms with E-state index in [4.69, 9.17) is 0 Å². The van der Waals surface area contributed by atoms with Crippen LogP contribution in [0.1, 0.15) is 12.0 Å². The summed E-state index contributed by atoms with van der Waals surface area (Å²) in [6, 6.07) is 6.47. The Bertz CT molecular complexity index is 456. The highest BCUT2D eigenvalue weighted by Crippen LogP contribution is 2.18. The molecule has 6 heteroatoms. The topological polar surface area (TPSA) is 84.3 Å². The quantitative estimate of drug-likeness (QED) is 0.605. The highest BCUT2D eigenvalue weighted by molar-refractivity contribution is 5.80. The first-order valence-corrected chi connectivity index (χ1v) is 5.89. The molecule has 0 aliphatic carbocycles. The summed E-state index contributed by atoms with van der Waals surface area (Å²) in [7, 11) is 0. The molecule has 1 amide bonds. The maximum atomic E-state index is 11.8. The summed E-state index contributed by atoms with van der Waals surface area (Å²) in [6.45, 7) is 1.67. The smallest absolute Gasteiger partial charge is 0.273 e. The van der Waals surface area contributed by atoms with E-state index in [0.717, 1.165) is 19.5 Å². The number of nitrogens with zero attached hydrogens (tertiary/aromatic N) is 1. The summed E-state index contributed by atoms with van der Waals surface area (Å²) in [5.74, 6) is -0.169. The number of nitro benzene ring substituents is 1. The maximum absolute atomic E-state index is 11.8. The van der Waals surface area contributed by atoms with Crippen molar-refractivity contribution < 1.29 is 9.72 Å². The highest BCUT2D eigenvalue weighted by atomic mass is 16.6. The molecule has 96 valence electrons.